The van der Waals surface area contributed by atoms with Crippen molar-refractivity contribution in [3.05, 3.63) is 86.4 Å². The number of nitrogens with zero attached hydrogens (tertiary/aromatic N) is 2. The van der Waals surface area contributed by atoms with Gasteiger partial charge in [-0.3, -0.25) is 0 Å². The number of aryl methyl sites for hydroxylation is 6. The minimum atomic E-state index is -0.481. The number of benzene rings is 2. The largest absolute Gasteiger partial charge is 0.325 e. The minimum Gasteiger partial charge on any atom is -0.325 e. The molecule has 2 nitrogen and oxygen atoms in total. The summed E-state index contributed by atoms with van der Waals surface area (Å²) in [7, 11) is -0.481. The van der Waals surface area contributed by atoms with E-state index in [9.17, 15) is 0 Å². The molecule has 3 aliphatic carbocycles. The Morgan fingerprint density at radius 3 is 1.52 bits per heavy atom. The maximum Gasteiger partial charge on any atom is 0.114 e. The Kier molecular flexibility index (Phi) is 11.8. The Morgan fingerprint density at radius 2 is 1.15 bits per heavy atom. The van der Waals surface area contributed by atoms with Crippen molar-refractivity contribution in [2.45, 2.75) is 141 Å². The van der Waals surface area contributed by atoms with Crippen LogP contribution >= 0.6 is 31.1 Å². The van der Waals surface area contributed by atoms with E-state index in [0.717, 1.165) is 36.4 Å². The summed E-state index contributed by atoms with van der Waals surface area (Å²) in [5.74, 6) is 1.26. The van der Waals surface area contributed by atoms with Gasteiger partial charge in [-0.2, -0.15) is 0 Å². The van der Waals surface area contributed by atoms with Gasteiger partial charge in [-0.25, -0.2) is 0 Å². The van der Waals surface area contributed by atoms with Gasteiger partial charge in [0, 0.05) is 55.9 Å². The summed E-state index contributed by atoms with van der Waals surface area (Å²) in [6.45, 7) is 22.1. The van der Waals surface area contributed by atoms with E-state index in [1.165, 1.54) is 108 Å². The molecule has 0 spiro atoms. The molecular weight excluding hydrogens is 735 g/mol. The average Bonchev–Trinajstić information content (AvgIpc) is 3.77. The van der Waals surface area contributed by atoms with Crippen molar-refractivity contribution in [1.82, 2.24) is 0 Å². The summed E-state index contributed by atoms with van der Waals surface area (Å²) >= 11 is 16.3. The van der Waals surface area contributed by atoms with Gasteiger partial charge in [0.05, 0.1) is 9.99 Å². The van der Waals surface area contributed by atoms with Crippen LogP contribution in [0.4, 0.5) is 11.4 Å². The van der Waals surface area contributed by atoms with Crippen LogP contribution in [-0.2, 0) is 19.5 Å². The van der Waals surface area contributed by atoms with Gasteiger partial charge in [0.1, 0.15) is 5.82 Å². The van der Waals surface area contributed by atoms with Crippen molar-refractivity contribution in [3.63, 3.8) is 0 Å². The molecule has 4 aliphatic rings. The Morgan fingerprint density at radius 1 is 0.750 bits per heavy atom. The van der Waals surface area contributed by atoms with Gasteiger partial charge in [-0.1, -0.05) is 89.8 Å². The number of hydrogen-bond acceptors (Lipinski definition) is 2. The van der Waals surface area contributed by atoms with Crippen molar-refractivity contribution in [3.8, 4) is 0 Å². The number of rotatable bonds is 5. The molecule has 1 aliphatic heterocycles. The Balaban J connectivity index is 0.00000451. The zero-order valence-electron chi connectivity index (χ0n) is 30.8. The van der Waals surface area contributed by atoms with Crippen LogP contribution in [0.1, 0.15) is 112 Å². The van der Waals surface area contributed by atoms with Crippen LogP contribution in [0.2, 0.25) is 0 Å². The van der Waals surface area contributed by atoms with Crippen molar-refractivity contribution >= 4 is 42.5 Å². The van der Waals surface area contributed by atoms with Gasteiger partial charge >= 0.3 is 0 Å². The van der Waals surface area contributed by atoms with Gasteiger partial charge in [-0.05, 0) is 118 Å². The molecule has 1 heterocycles. The summed E-state index contributed by atoms with van der Waals surface area (Å²) in [5, 5.41) is -0.283. The standard InChI is InChI=1S/C42H57Cl2N2P.Ru/c1-27-22-29(3)38(30(4)23-27)45-20-21-46(39-31(5)24-28(2)25-32(39)6)40(45)35-26-42(44,36(37(35)43)18-19-41(7,8)9)47(33-14-10-11-15-33)34-16-12-13-17-34;/h19,22-25,33-34,37H,10-17,20-21,26H2,1-9H3;. The molecule has 2 unspecified atom stereocenters. The number of hydrogen-bond donors (Lipinski definition) is 0. The van der Waals surface area contributed by atoms with E-state index < -0.39 is 12.5 Å². The first-order valence-electron chi connectivity index (χ1n) is 18.2. The van der Waals surface area contributed by atoms with E-state index in [4.69, 9.17) is 23.2 Å². The van der Waals surface area contributed by atoms with E-state index in [1.807, 2.05) is 0 Å². The maximum absolute atomic E-state index is 8.37. The average molecular weight is 793 g/mol. The second kappa shape index (κ2) is 14.9. The van der Waals surface area contributed by atoms with E-state index >= 15 is 0 Å². The fraction of sp³-hybridized carbons (Fsp3) is 0.595. The molecule has 0 radical (unpaired) electrons. The van der Waals surface area contributed by atoms with Gasteiger partial charge in [0.15, 0.2) is 0 Å². The Bertz CT molecular complexity index is 1490. The third kappa shape index (κ3) is 7.31. The van der Waals surface area contributed by atoms with Crippen molar-refractivity contribution in [2.75, 3.05) is 22.9 Å². The molecule has 48 heavy (non-hydrogen) atoms. The molecular formula is C42H57Cl2N2PRu. The summed E-state index contributed by atoms with van der Waals surface area (Å²) < 4.78 is -0.468. The number of alkyl halides is 2. The molecule has 2 atom stereocenters. The van der Waals surface area contributed by atoms with Crippen molar-refractivity contribution < 1.29 is 19.5 Å². The monoisotopic (exact) mass is 792 g/mol. The fourth-order valence-electron chi connectivity index (χ4n) is 9.48. The van der Waals surface area contributed by atoms with Crippen LogP contribution in [0, 0.1) is 47.0 Å². The maximum atomic E-state index is 8.37. The van der Waals surface area contributed by atoms with Gasteiger partial charge < -0.3 is 9.80 Å². The van der Waals surface area contributed by atoms with Gasteiger partial charge in [-0.15, -0.1) is 28.9 Å². The summed E-state index contributed by atoms with van der Waals surface area (Å²) in [6, 6.07) is 9.35. The quantitative estimate of drug-likeness (QED) is 0.129. The molecule has 4 fully saturated rings. The molecule has 0 N–H and O–H groups in total. The number of halogens is 2. The first-order chi connectivity index (χ1) is 22.2. The third-order valence-electron chi connectivity index (χ3n) is 11.1. The first kappa shape index (κ1) is 38.2. The summed E-state index contributed by atoms with van der Waals surface area (Å²) in [4.78, 5) is 5.21. The van der Waals surface area contributed by atoms with Crippen LogP contribution in [0.15, 0.2) is 53.0 Å². The SMILES string of the molecule is Cc1cc(C)c(N2CCN(c3c(C)cc(C)cc3C)C2=C2CC(Cl)(P(C3CCCC3)C3CCCC3)C(=C=CC(C)(C)C)C2Cl)c(C)c1.[Ru]. The topological polar surface area (TPSA) is 6.48 Å². The second-order valence-electron chi connectivity index (χ2n) is 16.3. The van der Waals surface area contributed by atoms with Gasteiger partial charge in [0.2, 0.25) is 0 Å². The fourth-order valence-corrected chi connectivity index (χ4v) is 15.6. The molecule has 262 valence electrons. The van der Waals surface area contributed by atoms with Crippen molar-refractivity contribution in [1.29, 1.82) is 0 Å². The molecule has 0 aromatic heterocycles. The van der Waals surface area contributed by atoms with Crippen molar-refractivity contribution in [2.24, 2.45) is 5.41 Å². The van der Waals surface area contributed by atoms with E-state index in [1.54, 1.807) is 0 Å². The predicted molar refractivity (Wildman–Crippen MR) is 208 cm³/mol. The smallest absolute Gasteiger partial charge is 0.114 e. The molecule has 0 bridgehead atoms. The first-order valence-corrected chi connectivity index (χ1v) is 20.5. The summed E-state index contributed by atoms with van der Waals surface area (Å²) in [5.41, 5.74) is 18.4. The summed E-state index contributed by atoms with van der Waals surface area (Å²) in [6.07, 6.45) is 13.8. The van der Waals surface area contributed by atoms with Crippen LogP contribution in [0.25, 0.3) is 0 Å². The zero-order valence-corrected chi connectivity index (χ0v) is 35.0. The molecule has 6 rings (SSSR count). The van der Waals surface area contributed by atoms with Crippen LogP contribution < -0.4 is 9.80 Å². The molecule has 2 aromatic rings. The molecule has 0 amide bonds. The van der Waals surface area contributed by atoms with Crippen LogP contribution in [0.5, 0.6) is 0 Å². The molecule has 3 saturated carbocycles. The zero-order chi connectivity index (χ0) is 33.8. The molecule has 6 heteroatoms. The molecule has 1 saturated heterocycles. The number of allylic oxidation sites excluding steroid dienone is 2. The van der Waals surface area contributed by atoms with E-state index in [-0.39, 0.29) is 30.3 Å². The second-order valence-corrected chi connectivity index (χ2v) is 20.7. The molecule has 2 aromatic carbocycles. The van der Waals surface area contributed by atoms with E-state index in [0.29, 0.717) is 0 Å². The normalized spacial score (nSPS) is 23.9. The Hall–Kier alpha value is -1.07. The van der Waals surface area contributed by atoms with E-state index in [2.05, 4.69) is 108 Å². The van der Waals surface area contributed by atoms with Gasteiger partial charge in [0.25, 0.3) is 0 Å². The number of anilines is 2. The predicted octanol–water partition coefficient (Wildman–Crippen LogP) is 12.5. The minimum absolute atomic E-state index is 0. The Labute approximate surface area is 316 Å². The van der Waals surface area contributed by atoms with Crippen LogP contribution in [0.3, 0.4) is 0 Å². The third-order valence-corrected chi connectivity index (χ3v) is 16.3. The van der Waals surface area contributed by atoms with Crippen LogP contribution in [-0.4, -0.2) is 34.4 Å².